The summed E-state index contributed by atoms with van der Waals surface area (Å²) in [6.45, 7) is 4.20. The Morgan fingerprint density at radius 3 is 2.29 bits per heavy atom. The molecule has 0 unspecified atom stereocenters. The lowest BCUT2D eigenvalue weighted by Gasteiger charge is -2.19. The van der Waals surface area contributed by atoms with Gasteiger partial charge in [-0.05, 0) is 49.9 Å². The summed E-state index contributed by atoms with van der Waals surface area (Å²) < 4.78 is 0. The number of hydrogen-bond acceptors (Lipinski definition) is 3. The van der Waals surface area contributed by atoms with Crippen molar-refractivity contribution in [3.63, 3.8) is 0 Å². The lowest BCUT2D eigenvalue weighted by molar-refractivity contribution is -0.140. The van der Waals surface area contributed by atoms with Crippen LogP contribution in [0.15, 0.2) is 18.2 Å². The smallest absolute Gasteiger partial charge is 0.233 e. The predicted molar refractivity (Wildman–Crippen MR) is 91.3 cm³/mol. The summed E-state index contributed by atoms with van der Waals surface area (Å²) >= 11 is 0. The number of likely N-dealkylation sites (tertiary alicyclic amines) is 1. The first-order chi connectivity index (χ1) is 11.5. The molecule has 0 spiro atoms. The van der Waals surface area contributed by atoms with E-state index in [0.29, 0.717) is 0 Å². The Morgan fingerprint density at radius 1 is 1.08 bits per heavy atom. The molecule has 128 valence electrons. The predicted octanol–water partition coefficient (Wildman–Crippen LogP) is 2.81. The Balaban J connectivity index is 1.57. The molecule has 3 rings (SSSR count). The van der Waals surface area contributed by atoms with E-state index in [1.807, 2.05) is 32.0 Å². The lowest BCUT2D eigenvalue weighted by Crippen LogP contribution is -2.34. The minimum absolute atomic E-state index is 0.0799. The Labute approximate surface area is 142 Å². The zero-order chi connectivity index (χ0) is 17.3. The third kappa shape index (κ3) is 3.21. The maximum atomic E-state index is 12.4. The average molecular weight is 328 g/mol. The monoisotopic (exact) mass is 328 g/mol. The number of amides is 3. The van der Waals surface area contributed by atoms with E-state index in [1.54, 1.807) is 0 Å². The molecular weight excluding hydrogens is 304 g/mol. The minimum Gasteiger partial charge on any atom is -0.326 e. The summed E-state index contributed by atoms with van der Waals surface area (Å²) in [6, 6.07) is 5.75. The highest BCUT2D eigenvalue weighted by Crippen LogP contribution is 2.37. The van der Waals surface area contributed by atoms with E-state index in [-0.39, 0.29) is 42.5 Å². The number of carbonyl (C=O) groups is 3. The fourth-order valence-corrected chi connectivity index (χ4v) is 3.71. The summed E-state index contributed by atoms with van der Waals surface area (Å²) in [7, 11) is 0. The van der Waals surface area contributed by atoms with Crippen LogP contribution in [-0.2, 0) is 14.4 Å². The summed E-state index contributed by atoms with van der Waals surface area (Å²) in [5.74, 6) is -0.621. The molecular formula is C19H24N2O3. The molecule has 2 atom stereocenters. The van der Waals surface area contributed by atoms with Gasteiger partial charge in [0.15, 0.2) is 0 Å². The number of benzene rings is 1. The van der Waals surface area contributed by atoms with E-state index in [9.17, 15) is 14.4 Å². The van der Waals surface area contributed by atoms with Crippen LogP contribution in [-0.4, -0.2) is 29.2 Å². The Kier molecular flexibility index (Phi) is 4.69. The third-order valence-corrected chi connectivity index (χ3v) is 5.29. The number of rotatable bonds is 4. The molecule has 0 radical (unpaired) electrons. The molecule has 24 heavy (non-hydrogen) atoms. The molecule has 2 fully saturated rings. The van der Waals surface area contributed by atoms with E-state index in [0.717, 1.165) is 36.9 Å². The van der Waals surface area contributed by atoms with Gasteiger partial charge in [-0.1, -0.05) is 18.9 Å². The number of carbonyl (C=O) groups excluding carboxylic acids is 3. The van der Waals surface area contributed by atoms with Crippen molar-refractivity contribution in [3.05, 3.63) is 29.3 Å². The van der Waals surface area contributed by atoms with Gasteiger partial charge in [-0.2, -0.15) is 0 Å². The van der Waals surface area contributed by atoms with E-state index < -0.39 is 0 Å². The summed E-state index contributed by atoms with van der Waals surface area (Å²) in [5, 5.41) is 2.84. The first kappa shape index (κ1) is 16.7. The molecule has 3 amide bonds. The standard InChI is InChI=1S/C19H24N2O3/c1-12-7-8-14(11-13(12)2)20-17(22)9-10-21-18(23)15-5-3-4-6-16(15)19(21)24/h7-8,11,15-16H,3-6,9-10H2,1-2H3,(H,20,22)/t15-,16+. The van der Waals surface area contributed by atoms with Crippen LogP contribution >= 0.6 is 0 Å². The van der Waals surface area contributed by atoms with Gasteiger partial charge in [-0.15, -0.1) is 0 Å². The minimum atomic E-state index is -0.172. The molecule has 1 aromatic carbocycles. The first-order valence-corrected chi connectivity index (χ1v) is 8.69. The zero-order valence-corrected chi connectivity index (χ0v) is 14.3. The number of anilines is 1. The number of nitrogens with zero attached hydrogens (tertiary/aromatic N) is 1. The van der Waals surface area contributed by atoms with Gasteiger partial charge in [0, 0.05) is 18.7 Å². The number of hydrogen-bond donors (Lipinski definition) is 1. The lowest BCUT2D eigenvalue weighted by atomic mass is 9.81. The molecule has 1 aliphatic carbocycles. The van der Waals surface area contributed by atoms with Crippen LogP contribution in [0, 0.1) is 25.7 Å². The van der Waals surface area contributed by atoms with Crippen molar-refractivity contribution < 1.29 is 14.4 Å². The van der Waals surface area contributed by atoms with Crippen LogP contribution in [0.5, 0.6) is 0 Å². The van der Waals surface area contributed by atoms with Gasteiger partial charge in [0.2, 0.25) is 17.7 Å². The number of aryl methyl sites for hydroxylation is 2. The van der Waals surface area contributed by atoms with Crippen molar-refractivity contribution >= 4 is 23.4 Å². The van der Waals surface area contributed by atoms with Gasteiger partial charge in [-0.3, -0.25) is 19.3 Å². The molecule has 1 aliphatic heterocycles. The molecule has 0 aromatic heterocycles. The van der Waals surface area contributed by atoms with Crippen LogP contribution in [0.2, 0.25) is 0 Å². The second-order valence-electron chi connectivity index (χ2n) is 6.92. The summed E-state index contributed by atoms with van der Waals surface area (Å²) in [4.78, 5) is 38.2. The van der Waals surface area contributed by atoms with Crippen molar-refractivity contribution in [2.75, 3.05) is 11.9 Å². The van der Waals surface area contributed by atoms with Crippen LogP contribution in [0.3, 0.4) is 0 Å². The fraction of sp³-hybridized carbons (Fsp3) is 0.526. The Bertz CT molecular complexity index is 659. The largest absolute Gasteiger partial charge is 0.326 e. The topological polar surface area (TPSA) is 66.5 Å². The summed E-state index contributed by atoms with van der Waals surface area (Å²) in [6.07, 6.45) is 3.79. The SMILES string of the molecule is Cc1ccc(NC(=O)CCN2C(=O)[C@H]3CCCC[C@H]3C2=O)cc1C. The molecule has 1 N–H and O–H groups in total. The van der Waals surface area contributed by atoms with Crippen molar-refractivity contribution in [1.82, 2.24) is 4.90 Å². The van der Waals surface area contributed by atoms with Crippen molar-refractivity contribution in [2.45, 2.75) is 46.0 Å². The van der Waals surface area contributed by atoms with Gasteiger partial charge in [0.05, 0.1) is 11.8 Å². The highest BCUT2D eigenvalue weighted by molar-refractivity contribution is 6.05. The van der Waals surface area contributed by atoms with Gasteiger partial charge in [0.25, 0.3) is 0 Å². The second-order valence-corrected chi connectivity index (χ2v) is 6.92. The van der Waals surface area contributed by atoms with E-state index in [4.69, 9.17) is 0 Å². The molecule has 5 nitrogen and oxygen atoms in total. The van der Waals surface area contributed by atoms with Crippen LogP contribution in [0.1, 0.15) is 43.2 Å². The molecule has 1 heterocycles. The highest BCUT2D eigenvalue weighted by Gasteiger charge is 2.47. The van der Waals surface area contributed by atoms with Crippen molar-refractivity contribution in [2.24, 2.45) is 11.8 Å². The molecule has 0 bridgehead atoms. The van der Waals surface area contributed by atoms with Gasteiger partial charge in [0.1, 0.15) is 0 Å². The number of fused-ring (bicyclic) bond motifs is 1. The summed E-state index contributed by atoms with van der Waals surface area (Å²) in [5.41, 5.74) is 3.03. The molecule has 1 saturated carbocycles. The van der Waals surface area contributed by atoms with Gasteiger partial charge < -0.3 is 5.32 Å². The fourth-order valence-electron chi connectivity index (χ4n) is 3.71. The molecule has 5 heteroatoms. The van der Waals surface area contributed by atoms with Crippen molar-refractivity contribution in [3.8, 4) is 0 Å². The Hall–Kier alpha value is -2.17. The van der Waals surface area contributed by atoms with Crippen LogP contribution < -0.4 is 5.32 Å². The zero-order valence-electron chi connectivity index (χ0n) is 14.3. The van der Waals surface area contributed by atoms with Gasteiger partial charge in [-0.25, -0.2) is 0 Å². The Morgan fingerprint density at radius 2 is 1.71 bits per heavy atom. The van der Waals surface area contributed by atoms with Crippen LogP contribution in [0.4, 0.5) is 5.69 Å². The van der Waals surface area contributed by atoms with E-state index in [1.165, 1.54) is 10.5 Å². The molecule has 2 aliphatic rings. The van der Waals surface area contributed by atoms with E-state index in [2.05, 4.69) is 5.32 Å². The number of nitrogens with one attached hydrogen (secondary N) is 1. The number of imide groups is 1. The normalized spacial score (nSPS) is 23.3. The average Bonchev–Trinajstić information content (AvgIpc) is 2.81. The molecule has 1 aromatic rings. The van der Waals surface area contributed by atoms with Crippen LogP contribution in [0.25, 0.3) is 0 Å². The first-order valence-electron chi connectivity index (χ1n) is 8.69. The highest BCUT2D eigenvalue weighted by atomic mass is 16.2. The van der Waals surface area contributed by atoms with Crippen molar-refractivity contribution in [1.29, 1.82) is 0 Å². The van der Waals surface area contributed by atoms with E-state index >= 15 is 0 Å². The maximum Gasteiger partial charge on any atom is 0.233 e. The maximum absolute atomic E-state index is 12.4. The van der Waals surface area contributed by atoms with Gasteiger partial charge >= 0.3 is 0 Å². The third-order valence-electron chi connectivity index (χ3n) is 5.29. The quantitative estimate of drug-likeness (QED) is 0.864. The molecule has 1 saturated heterocycles. The second kappa shape index (κ2) is 6.75.